The molecule has 2 rings (SSSR count). The van der Waals surface area contributed by atoms with Crippen molar-refractivity contribution in [3.8, 4) is 9.88 Å². The van der Waals surface area contributed by atoms with Gasteiger partial charge in [0.1, 0.15) is 5.01 Å². The highest BCUT2D eigenvalue weighted by Gasteiger charge is 2.07. The quantitative estimate of drug-likeness (QED) is 0.765. The maximum atomic E-state index is 4.33. The zero-order valence-electron chi connectivity index (χ0n) is 9.06. The molecule has 0 aliphatic rings. The molecule has 0 aliphatic heterocycles. The molecule has 1 nitrogen and oxygen atoms in total. The van der Waals surface area contributed by atoms with Crippen molar-refractivity contribution in [1.82, 2.24) is 4.98 Å². The van der Waals surface area contributed by atoms with Gasteiger partial charge in [0.25, 0.3) is 0 Å². The molecular weight excluding hydrogens is 222 g/mol. The molecule has 0 saturated carbocycles. The Kier molecular flexibility index (Phi) is 3.54. The van der Waals surface area contributed by atoms with Crippen molar-refractivity contribution in [2.24, 2.45) is 5.92 Å². The lowest BCUT2D eigenvalue weighted by Gasteiger charge is -2.04. The van der Waals surface area contributed by atoms with Crippen molar-refractivity contribution in [3.05, 3.63) is 28.6 Å². The minimum absolute atomic E-state index is 0.785. The molecule has 15 heavy (non-hydrogen) atoms. The van der Waals surface area contributed by atoms with Gasteiger partial charge in [-0.15, -0.1) is 22.7 Å². The highest BCUT2D eigenvalue weighted by atomic mass is 32.1. The molecular formula is C12H15NS2. The van der Waals surface area contributed by atoms with Crippen LogP contribution < -0.4 is 0 Å². The second kappa shape index (κ2) is 4.90. The number of hydrogen-bond acceptors (Lipinski definition) is 3. The third-order valence-electron chi connectivity index (χ3n) is 2.55. The zero-order chi connectivity index (χ0) is 10.7. The number of rotatable bonds is 4. The lowest BCUT2D eigenvalue weighted by atomic mass is 10.0. The summed E-state index contributed by atoms with van der Waals surface area (Å²) in [5, 5.41) is 3.18. The Morgan fingerprint density at radius 3 is 2.93 bits per heavy atom. The van der Waals surface area contributed by atoms with E-state index in [1.807, 2.05) is 22.9 Å². The largest absolute Gasteiger partial charge is 0.244 e. The molecule has 0 saturated heterocycles. The fraction of sp³-hybridized carbons (Fsp3) is 0.417. The minimum Gasteiger partial charge on any atom is -0.244 e. The summed E-state index contributed by atoms with van der Waals surface area (Å²) < 4.78 is 0. The molecule has 0 aromatic carbocycles. The van der Waals surface area contributed by atoms with E-state index in [0.29, 0.717) is 0 Å². The molecule has 1 atom stereocenters. The Morgan fingerprint density at radius 2 is 2.27 bits per heavy atom. The van der Waals surface area contributed by atoms with Crippen LogP contribution in [-0.2, 0) is 6.42 Å². The second-order valence-electron chi connectivity index (χ2n) is 3.82. The van der Waals surface area contributed by atoms with Crippen molar-refractivity contribution >= 4 is 22.7 Å². The van der Waals surface area contributed by atoms with E-state index in [1.54, 1.807) is 11.3 Å². The predicted molar refractivity (Wildman–Crippen MR) is 68.6 cm³/mol. The number of hydrogen-bond donors (Lipinski definition) is 0. The minimum atomic E-state index is 0.785. The second-order valence-corrected chi connectivity index (χ2v) is 5.88. The first kappa shape index (κ1) is 10.8. The van der Waals surface area contributed by atoms with Crippen LogP contribution in [0.1, 0.15) is 25.1 Å². The molecule has 0 amide bonds. The number of thiazole rings is 1. The molecule has 2 aromatic rings. The summed E-state index contributed by atoms with van der Waals surface area (Å²) in [4.78, 5) is 7.12. The van der Waals surface area contributed by atoms with Crippen LogP contribution in [0.3, 0.4) is 0 Å². The van der Waals surface area contributed by atoms with Crippen LogP contribution >= 0.6 is 22.7 Å². The van der Waals surface area contributed by atoms with Crippen LogP contribution in [0.2, 0.25) is 0 Å². The van der Waals surface area contributed by atoms with E-state index in [-0.39, 0.29) is 0 Å². The Hall–Kier alpha value is -0.670. The highest BCUT2D eigenvalue weighted by Crippen LogP contribution is 2.30. The predicted octanol–water partition coefficient (Wildman–Crippen LogP) is 4.46. The summed E-state index contributed by atoms with van der Waals surface area (Å²) in [5.41, 5.74) is 0. The van der Waals surface area contributed by atoms with Gasteiger partial charge in [0, 0.05) is 16.5 Å². The molecule has 0 radical (unpaired) electrons. The molecule has 1 unspecified atom stereocenters. The van der Waals surface area contributed by atoms with E-state index in [4.69, 9.17) is 0 Å². The third kappa shape index (κ3) is 2.67. The SMILES string of the molecule is CCC(C)Cc1ccc(-c2nccs2)s1. The summed E-state index contributed by atoms with van der Waals surface area (Å²) in [6.07, 6.45) is 4.32. The zero-order valence-corrected chi connectivity index (χ0v) is 10.7. The number of aromatic nitrogens is 1. The van der Waals surface area contributed by atoms with Gasteiger partial charge in [-0.3, -0.25) is 0 Å². The highest BCUT2D eigenvalue weighted by molar-refractivity contribution is 7.21. The van der Waals surface area contributed by atoms with Gasteiger partial charge in [0.15, 0.2) is 0 Å². The van der Waals surface area contributed by atoms with Crippen LogP contribution in [0.25, 0.3) is 9.88 Å². The molecule has 0 spiro atoms. The van der Waals surface area contributed by atoms with E-state index >= 15 is 0 Å². The van der Waals surface area contributed by atoms with Crippen molar-refractivity contribution in [2.45, 2.75) is 26.7 Å². The van der Waals surface area contributed by atoms with Crippen LogP contribution in [0, 0.1) is 5.92 Å². The smallest absolute Gasteiger partial charge is 0.133 e. The normalized spacial score (nSPS) is 12.9. The standard InChI is InChI=1S/C12H15NS2/c1-3-9(2)8-10-4-5-11(15-10)12-13-6-7-14-12/h4-7,9H,3,8H2,1-2H3. The van der Waals surface area contributed by atoms with Gasteiger partial charge in [0.05, 0.1) is 4.88 Å². The number of nitrogens with zero attached hydrogens (tertiary/aromatic N) is 1. The van der Waals surface area contributed by atoms with Crippen molar-refractivity contribution in [2.75, 3.05) is 0 Å². The van der Waals surface area contributed by atoms with Crippen molar-refractivity contribution in [1.29, 1.82) is 0 Å². The van der Waals surface area contributed by atoms with E-state index in [2.05, 4.69) is 31.0 Å². The molecule has 3 heteroatoms. The molecule has 0 aliphatic carbocycles. The Balaban J connectivity index is 2.11. The lowest BCUT2D eigenvalue weighted by molar-refractivity contribution is 0.565. The van der Waals surface area contributed by atoms with Gasteiger partial charge in [0.2, 0.25) is 0 Å². The van der Waals surface area contributed by atoms with Crippen LogP contribution in [0.15, 0.2) is 23.7 Å². The molecule has 2 aromatic heterocycles. The van der Waals surface area contributed by atoms with Crippen LogP contribution in [0.4, 0.5) is 0 Å². The fourth-order valence-corrected chi connectivity index (χ4v) is 3.32. The molecule has 2 heterocycles. The molecule has 0 bridgehead atoms. The van der Waals surface area contributed by atoms with Gasteiger partial charge in [-0.25, -0.2) is 4.98 Å². The van der Waals surface area contributed by atoms with E-state index in [1.165, 1.54) is 22.6 Å². The average molecular weight is 237 g/mol. The van der Waals surface area contributed by atoms with Crippen molar-refractivity contribution in [3.63, 3.8) is 0 Å². The fourth-order valence-electron chi connectivity index (χ4n) is 1.44. The Morgan fingerprint density at radius 1 is 1.40 bits per heavy atom. The maximum Gasteiger partial charge on any atom is 0.133 e. The molecule has 0 N–H and O–H groups in total. The summed E-state index contributed by atoms with van der Waals surface area (Å²) in [6, 6.07) is 4.44. The Bertz CT molecular complexity index is 403. The van der Waals surface area contributed by atoms with Crippen molar-refractivity contribution < 1.29 is 0 Å². The monoisotopic (exact) mass is 237 g/mol. The Labute approximate surface area is 98.8 Å². The summed E-state index contributed by atoms with van der Waals surface area (Å²) in [5.74, 6) is 0.785. The maximum absolute atomic E-state index is 4.33. The van der Waals surface area contributed by atoms with Gasteiger partial charge in [-0.05, 0) is 24.5 Å². The molecule has 0 fully saturated rings. The topological polar surface area (TPSA) is 12.9 Å². The number of thiophene rings is 1. The summed E-state index contributed by atoms with van der Waals surface area (Å²) in [7, 11) is 0. The van der Waals surface area contributed by atoms with Gasteiger partial charge >= 0.3 is 0 Å². The lowest BCUT2D eigenvalue weighted by Crippen LogP contribution is -1.94. The average Bonchev–Trinajstić information content (AvgIpc) is 2.85. The first-order valence-electron chi connectivity index (χ1n) is 5.28. The van der Waals surface area contributed by atoms with Gasteiger partial charge < -0.3 is 0 Å². The third-order valence-corrected chi connectivity index (χ3v) is 4.60. The summed E-state index contributed by atoms with van der Waals surface area (Å²) in [6.45, 7) is 4.56. The van der Waals surface area contributed by atoms with Crippen LogP contribution in [0.5, 0.6) is 0 Å². The first-order valence-corrected chi connectivity index (χ1v) is 6.97. The van der Waals surface area contributed by atoms with Gasteiger partial charge in [-0.1, -0.05) is 20.3 Å². The summed E-state index contributed by atoms with van der Waals surface area (Å²) >= 11 is 3.60. The van der Waals surface area contributed by atoms with Gasteiger partial charge in [-0.2, -0.15) is 0 Å². The first-order chi connectivity index (χ1) is 7.29. The molecule has 80 valence electrons. The van der Waals surface area contributed by atoms with E-state index in [9.17, 15) is 0 Å². The van der Waals surface area contributed by atoms with E-state index in [0.717, 1.165) is 10.9 Å². The van der Waals surface area contributed by atoms with E-state index < -0.39 is 0 Å². The van der Waals surface area contributed by atoms with Crippen LogP contribution in [-0.4, -0.2) is 4.98 Å².